The fourth-order valence-corrected chi connectivity index (χ4v) is 2.19. The Morgan fingerprint density at radius 3 is 2.60 bits per heavy atom. The van der Waals surface area contributed by atoms with Gasteiger partial charge in [0.25, 0.3) is 0 Å². The molecule has 1 unspecified atom stereocenters. The van der Waals surface area contributed by atoms with Gasteiger partial charge < -0.3 is 15.7 Å². The minimum Gasteiger partial charge on any atom is -0.479 e. The molecule has 0 bridgehead atoms. The standard InChI is InChI=1S/C10H18N2O3/c1-3-10(9(14)15)5-4-6-12(10)8(13)7(2)11/h7H,3-6,11H2,1-2H3,(H,14,15)/t7-,10?/m0/s1. The number of rotatable bonds is 3. The Bertz CT molecular complexity index is 278. The normalized spacial score (nSPS) is 27.8. The molecular formula is C10H18N2O3. The highest BCUT2D eigenvalue weighted by atomic mass is 16.4. The summed E-state index contributed by atoms with van der Waals surface area (Å²) in [6.07, 6.45) is 1.69. The number of nitrogens with zero attached hydrogens (tertiary/aromatic N) is 1. The van der Waals surface area contributed by atoms with Crippen LogP contribution in [0.2, 0.25) is 0 Å². The van der Waals surface area contributed by atoms with E-state index in [1.54, 1.807) is 13.8 Å². The van der Waals surface area contributed by atoms with Crippen molar-refractivity contribution in [3.05, 3.63) is 0 Å². The molecule has 1 saturated heterocycles. The van der Waals surface area contributed by atoms with Crippen molar-refractivity contribution in [1.82, 2.24) is 4.90 Å². The number of likely N-dealkylation sites (tertiary alicyclic amines) is 1. The Hall–Kier alpha value is -1.10. The zero-order valence-corrected chi connectivity index (χ0v) is 9.19. The summed E-state index contributed by atoms with van der Waals surface area (Å²) in [6.45, 7) is 3.88. The van der Waals surface area contributed by atoms with E-state index in [1.165, 1.54) is 4.90 Å². The second-order valence-electron chi connectivity index (χ2n) is 4.07. The molecule has 0 aliphatic carbocycles. The smallest absolute Gasteiger partial charge is 0.329 e. The summed E-state index contributed by atoms with van der Waals surface area (Å²) >= 11 is 0. The molecule has 0 spiro atoms. The Labute approximate surface area is 89.2 Å². The Morgan fingerprint density at radius 2 is 2.20 bits per heavy atom. The molecule has 2 atom stereocenters. The van der Waals surface area contributed by atoms with Crippen LogP contribution in [0, 0.1) is 0 Å². The van der Waals surface area contributed by atoms with E-state index in [4.69, 9.17) is 5.73 Å². The first kappa shape index (κ1) is 12.0. The largest absolute Gasteiger partial charge is 0.479 e. The maximum Gasteiger partial charge on any atom is 0.329 e. The number of nitrogens with two attached hydrogens (primary N) is 1. The summed E-state index contributed by atoms with van der Waals surface area (Å²) in [4.78, 5) is 24.4. The van der Waals surface area contributed by atoms with Gasteiger partial charge in [-0.1, -0.05) is 6.92 Å². The summed E-state index contributed by atoms with van der Waals surface area (Å²) in [5.74, 6) is -1.19. The predicted octanol–water partition coefficient (Wildman–Crippen LogP) is 0.189. The zero-order chi connectivity index (χ0) is 11.6. The molecule has 5 heteroatoms. The highest BCUT2D eigenvalue weighted by Crippen LogP contribution is 2.33. The number of aliphatic carboxylic acids is 1. The number of carbonyl (C=O) groups is 2. The predicted molar refractivity (Wildman–Crippen MR) is 55.3 cm³/mol. The van der Waals surface area contributed by atoms with Crippen molar-refractivity contribution >= 4 is 11.9 Å². The first-order valence-corrected chi connectivity index (χ1v) is 5.26. The quantitative estimate of drug-likeness (QED) is 0.702. The van der Waals surface area contributed by atoms with Gasteiger partial charge in [-0.3, -0.25) is 4.79 Å². The van der Waals surface area contributed by atoms with Gasteiger partial charge in [-0.25, -0.2) is 4.79 Å². The van der Waals surface area contributed by atoms with Crippen molar-refractivity contribution in [3.63, 3.8) is 0 Å². The number of hydrogen-bond acceptors (Lipinski definition) is 3. The molecule has 1 heterocycles. The van der Waals surface area contributed by atoms with E-state index in [0.29, 0.717) is 19.4 Å². The molecule has 1 amide bonds. The van der Waals surface area contributed by atoms with Gasteiger partial charge in [0.2, 0.25) is 5.91 Å². The average molecular weight is 214 g/mol. The summed E-state index contributed by atoms with van der Waals surface area (Å²) in [6, 6.07) is -0.631. The maximum atomic E-state index is 11.8. The Kier molecular flexibility index (Phi) is 3.34. The van der Waals surface area contributed by atoms with Gasteiger partial charge >= 0.3 is 5.97 Å². The fourth-order valence-electron chi connectivity index (χ4n) is 2.19. The minimum atomic E-state index is -1.02. The summed E-state index contributed by atoms with van der Waals surface area (Å²) in [5.41, 5.74) is 4.48. The first-order valence-electron chi connectivity index (χ1n) is 5.26. The highest BCUT2D eigenvalue weighted by molar-refractivity contribution is 5.90. The van der Waals surface area contributed by atoms with Crippen molar-refractivity contribution in [2.75, 3.05) is 6.54 Å². The van der Waals surface area contributed by atoms with Gasteiger partial charge in [0.15, 0.2) is 0 Å². The van der Waals surface area contributed by atoms with Gasteiger partial charge in [0, 0.05) is 6.54 Å². The highest BCUT2D eigenvalue weighted by Gasteiger charge is 2.48. The van der Waals surface area contributed by atoms with Crippen LogP contribution in [0.3, 0.4) is 0 Å². The van der Waals surface area contributed by atoms with E-state index in [2.05, 4.69) is 0 Å². The molecule has 1 aliphatic rings. The maximum absolute atomic E-state index is 11.8. The lowest BCUT2D eigenvalue weighted by Crippen LogP contribution is -2.56. The number of hydrogen-bond donors (Lipinski definition) is 2. The van der Waals surface area contributed by atoms with E-state index in [-0.39, 0.29) is 5.91 Å². The summed E-state index contributed by atoms with van der Waals surface area (Å²) in [7, 11) is 0. The van der Waals surface area contributed by atoms with Crippen molar-refractivity contribution < 1.29 is 14.7 Å². The van der Waals surface area contributed by atoms with E-state index >= 15 is 0 Å². The van der Waals surface area contributed by atoms with Crippen LogP contribution >= 0.6 is 0 Å². The van der Waals surface area contributed by atoms with Gasteiger partial charge in [-0.15, -0.1) is 0 Å². The molecule has 1 rings (SSSR count). The molecule has 86 valence electrons. The molecule has 5 nitrogen and oxygen atoms in total. The molecular weight excluding hydrogens is 196 g/mol. The molecule has 0 radical (unpaired) electrons. The van der Waals surface area contributed by atoms with Crippen molar-refractivity contribution in [2.45, 2.75) is 44.7 Å². The first-order chi connectivity index (χ1) is 6.95. The van der Waals surface area contributed by atoms with E-state index < -0.39 is 17.6 Å². The van der Waals surface area contributed by atoms with E-state index in [0.717, 1.165) is 6.42 Å². The van der Waals surface area contributed by atoms with Crippen LogP contribution in [0.15, 0.2) is 0 Å². The van der Waals surface area contributed by atoms with Gasteiger partial charge in [0.05, 0.1) is 6.04 Å². The average Bonchev–Trinajstić information content (AvgIpc) is 2.60. The van der Waals surface area contributed by atoms with Crippen LogP contribution in [0.4, 0.5) is 0 Å². The van der Waals surface area contributed by atoms with Crippen LogP contribution in [0.25, 0.3) is 0 Å². The second-order valence-corrected chi connectivity index (χ2v) is 4.07. The molecule has 0 saturated carbocycles. The Balaban J connectivity index is 2.97. The summed E-state index contributed by atoms with van der Waals surface area (Å²) in [5, 5.41) is 9.23. The number of carboxylic acid groups (broad SMARTS) is 1. The van der Waals surface area contributed by atoms with Gasteiger partial charge in [-0.2, -0.15) is 0 Å². The lowest BCUT2D eigenvalue weighted by atomic mass is 9.92. The molecule has 1 aliphatic heterocycles. The third-order valence-electron chi connectivity index (χ3n) is 3.13. The number of carboxylic acids is 1. The van der Waals surface area contributed by atoms with Crippen LogP contribution in [-0.4, -0.2) is 40.0 Å². The molecule has 0 aromatic heterocycles. The topological polar surface area (TPSA) is 83.6 Å². The van der Waals surface area contributed by atoms with Crippen LogP contribution in [0.5, 0.6) is 0 Å². The van der Waals surface area contributed by atoms with Crippen LogP contribution in [0.1, 0.15) is 33.1 Å². The lowest BCUT2D eigenvalue weighted by Gasteiger charge is -2.34. The fraction of sp³-hybridized carbons (Fsp3) is 0.800. The van der Waals surface area contributed by atoms with Crippen molar-refractivity contribution in [2.24, 2.45) is 5.73 Å². The number of carbonyl (C=O) groups excluding carboxylic acids is 1. The third-order valence-corrected chi connectivity index (χ3v) is 3.13. The second kappa shape index (κ2) is 4.18. The van der Waals surface area contributed by atoms with E-state index in [1.807, 2.05) is 0 Å². The van der Waals surface area contributed by atoms with Gasteiger partial charge in [0.1, 0.15) is 5.54 Å². The minimum absolute atomic E-state index is 0.267. The molecule has 3 N–H and O–H groups in total. The lowest BCUT2D eigenvalue weighted by molar-refractivity contribution is -0.157. The van der Waals surface area contributed by atoms with Crippen molar-refractivity contribution in [3.8, 4) is 0 Å². The van der Waals surface area contributed by atoms with E-state index in [9.17, 15) is 14.7 Å². The zero-order valence-electron chi connectivity index (χ0n) is 9.19. The molecule has 0 aromatic rings. The Morgan fingerprint density at radius 1 is 1.60 bits per heavy atom. The number of amides is 1. The van der Waals surface area contributed by atoms with Gasteiger partial charge in [-0.05, 0) is 26.2 Å². The molecule has 15 heavy (non-hydrogen) atoms. The monoisotopic (exact) mass is 214 g/mol. The molecule has 1 fully saturated rings. The van der Waals surface area contributed by atoms with Crippen molar-refractivity contribution in [1.29, 1.82) is 0 Å². The SMILES string of the molecule is CCC1(C(=O)O)CCCN1C(=O)[C@H](C)N. The van der Waals surface area contributed by atoms with Crippen LogP contribution in [-0.2, 0) is 9.59 Å². The molecule has 0 aromatic carbocycles. The summed E-state index contributed by atoms with van der Waals surface area (Å²) < 4.78 is 0. The van der Waals surface area contributed by atoms with Crippen LogP contribution < -0.4 is 5.73 Å². The third kappa shape index (κ3) is 1.84.